The summed E-state index contributed by atoms with van der Waals surface area (Å²) in [5.74, 6) is -0.637. The predicted molar refractivity (Wildman–Crippen MR) is 267 cm³/mol. The first kappa shape index (κ1) is 39.1. The molecule has 1 aromatic heterocycles. The number of nitrogens with zero attached hydrogens (tertiary/aromatic N) is 2. The van der Waals surface area contributed by atoms with Gasteiger partial charge in [0.15, 0.2) is 0 Å². The Morgan fingerprint density at radius 3 is 1.64 bits per heavy atom. The van der Waals surface area contributed by atoms with E-state index in [0.717, 1.165) is 89.2 Å². The van der Waals surface area contributed by atoms with Crippen molar-refractivity contribution in [2.24, 2.45) is 0 Å². The minimum absolute atomic E-state index is 0.319. The van der Waals surface area contributed by atoms with E-state index in [1.807, 2.05) is 48.8 Å². The number of fused-ring (bicyclic) bond motifs is 6. The van der Waals surface area contributed by atoms with Gasteiger partial charge in [0, 0.05) is 40.3 Å². The maximum absolute atomic E-state index is 14.7. The molecule has 0 N–H and O–H groups in total. The molecule has 12 rings (SSSR count). The van der Waals surface area contributed by atoms with Gasteiger partial charge in [0.1, 0.15) is 11.6 Å². The molecule has 0 radical (unpaired) electrons. The van der Waals surface area contributed by atoms with E-state index in [2.05, 4.69) is 175 Å². The second-order valence-electron chi connectivity index (χ2n) is 17.0. The van der Waals surface area contributed by atoms with Crippen LogP contribution in [0.1, 0.15) is 22.3 Å². The molecule has 0 fully saturated rings. The molecule has 0 bridgehead atoms. The lowest BCUT2D eigenvalue weighted by atomic mass is 9.66. The molecule has 66 heavy (non-hydrogen) atoms. The molecule has 0 aliphatic heterocycles. The van der Waals surface area contributed by atoms with Gasteiger partial charge in [-0.1, -0.05) is 170 Å². The lowest BCUT2D eigenvalue weighted by Crippen LogP contribution is -2.29. The molecule has 0 spiro atoms. The first-order valence-corrected chi connectivity index (χ1v) is 22.2. The van der Waals surface area contributed by atoms with Crippen LogP contribution in [0, 0.1) is 11.6 Å². The summed E-state index contributed by atoms with van der Waals surface area (Å²) in [5, 5.41) is 4.78. The zero-order valence-corrected chi connectivity index (χ0v) is 35.7. The summed E-state index contributed by atoms with van der Waals surface area (Å²) < 4.78 is 29.4. The molecule has 312 valence electrons. The van der Waals surface area contributed by atoms with Crippen LogP contribution < -0.4 is 4.90 Å². The highest BCUT2D eigenvalue weighted by Gasteiger charge is 2.48. The standard InChI is InChI=1S/C62H40F2N2/c63-49-31-27-47(28-32-49)62(48-29-33-50(64)34-30-48)59-24-7-6-22-55(59)58-40-65-39-57(61(58)62)46-18-8-15-43(36-46)45-17-10-20-52(38-45)66(51-19-9-16-44(37-51)41-12-2-1-3-13-41)60-25-11-23-54-53-21-5-4-14-42(53)26-35-56(54)60/h1-40H. The van der Waals surface area contributed by atoms with E-state index in [1.165, 1.54) is 40.4 Å². The van der Waals surface area contributed by atoms with E-state index in [4.69, 9.17) is 4.98 Å². The Morgan fingerprint density at radius 1 is 0.364 bits per heavy atom. The van der Waals surface area contributed by atoms with Crippen LogP contribution in [0.4, 0.5) is 25.8 Å². The molecule has 10 aromatic carbocycles. The Balaban J connectivity index is 1.04. The summed E-state index contributed by atoms with van der Waals surface area (Å²) in [7, 11) is 0. The van der Waals surface area contributed by atoms with Crippen molar-refractivity contribution in [3.63, 3.8) is 0 Å². The zero-order chi connectivity index (χ0) is 44.2. The first-order valence-electron chi connectivity index (χ1n) is 22.2. The molecule has 0 amide bonds. The van der Waals surface area contributed by atoms with Gasteiger partial charge in [0.25, 0.3) is 0 Å². The van der Waals surface area contributed by atoms with Gasteiger partial charge in [-0.3, -0.25) is 4.98 Å². The minimum atomic E-state index is -0.889. The van der Waals surface area contributed by atoms with E-state index in [1.54, 1.807) is 0 Å². The van der Waals surface area contributed by atoms with E-state index in [0.29, 0.717) is 0 Å². The normalized spacial score (nSPS) is 12.5. The highest BCUT2D eigenvalue weighted by molar-refractivity contribution is 6.13. The predicted octanol–water partition coefficient (Wildman–Crippen LogP) is 16.5. The van der Waals surface area contributed by atoms with Crippen molar-refractivity contribution in [1.29, 1.82) is 0 Å². The van der Waals surface area contributed by atoms with Gasteiger partial charge in [-0.15, -0.1) is 0 Å². The van der Waals surface area contributed by atoms with E-state index >= 15 is 0 Å². The SMILES string of the molecule is Fc1ccc(C2(c3ccc(F)cc3)c3ccccc3-c3cncc(-c4cccc(-c5cccc(N(c6cccc(-c7ccccc7)c6)c6cccc7c6ccc6ccccc67)c5)c4)c32)cc1. The van der Waals surface area contributed by atoms with Gasteiger partial charge in [-0.25, -0.2) is 8.78 Å². The van der Waals surface area contributed by atoms with Crippen molar-refractivity contribution in [1.82, 2.24) is 4.98 Å². The fourth-order valence-corrected chi connectivity index (χ4v) is 10.4. The molecule has 1 aliphatic carbocycles. The van der Waals surface area contributed by atoms with Crippen LogP contribution in [-0.2, 0) is 5.41 Å². The van der Waals surface area contributed by atoms with Gasteiger partial charge in [-0.05, 0) is 132 Å². The second kappa shape index (κ2) is 16.0. The van der Waals surface area contributed by atoms with Gasteiger partial charge < -0.3 is 4.90 Å². The largest absolute Gasteiger partial charge is 0.310 e. The van der Waals surface area contributed by atoms with Crippen LogP contribution >= 0.6 is 0 Å². The van der Waals surface area contributed by atoms with Crippen LogP contribution in [0.5, 0.6) is 0 Å². The van der Waals surface area contributed by atoms with E-state index in [9.17, 15) is 8.78 Å². The number of hydrogen-bond donors (Lipinski definition) is 0. The van der Waals surface area contributed by atoms with Crippen molar-refractivity contribution in [2.45, 2.75) is 5.41 Å². The van der Waals surface area contributed by atoms with Crippen LogP contribution in [0.2, 0.25) is 0 Å². The average Bonchev–Trinajstić information content (AvgIpc) is 3.68. The smallest absolute Gasteiger partial charge is 0.123 e. The van der Waals surface area contributed by atoms with Gasteiger partial charge >= 0.3 is 0 Å². The zero-order valence-electron chi connectivity index (χ0n) is 35.7. The number of aromatic nitrogens is 1. The van der Waals surface area contributed by atoms with E-state index in [-0.39, 0.29) is 11.6 Å². The molecule has 4 heteroatoms. The summed E-state index contributed by atoms with van der Waals surface area (Å²) >= 11 is 0. The summed E-state index contributed by atoms with van der Waals surface area (Å²) in [5.41, 5.74) is 14.4. The third kappa shape index (κ3) is 6.41. The van der Waals surface area contributed by atoms with Crippen LogP contribution in [-0.4, -0.2) is 4.98 Å². The number of hydrogen-bond acceptors (Lipinski definition) is 2. The fraction of sp³-hybridized carbons (Fsp3) is 0.0161. The molecule has 2 nitrogen and oxygen atoms in total. The third-order valence-electron chi connectivity index (χ3n) is 13.3. The van der Waals surface area contributed by atoms with Crippen LogP contribution in [0.15, 0.2) is 243 Å². The summed E-state index contributed by atoms with van der Waals surface area (Å²) in [6, 6.07) is 78.1. The minimum Gasteiger partial charge on any atom is -0.310 e. The lowest BCUT2D eigenvalue weighted by molar-refractivity contribution is 0.622. The maximum atomic E-state index is 14.7. The van der Waals surface area contributed by atoms with Gasteiger partial charge in [-0.2, -0.15) is 0 Å². The monoisotopic (exact) mass is 850 g/mol. The van der Waals surface area contributed by atoms with Crippen molar-refractivity contribution in [2.75, 3.05) is 4.90 Å². The Hall–Kier alpha value is -8.47. The van der Waals surface area contributed by atoms with Crippen molar-refractivity contribution in [3.8, 4) is 44.5 Å². The van der Waals surface area contributed by atoms with Crippen molar-refractivity contribution >= 4 is 38.6 Å². The molecule has 1 aliphatic rings. The Labute approximate surface area is 382 Å². The van der Waals surface area contributed by atoms with Crippen LogP contribution in [0.3, 0.4) is 0 Å². The van der Waals surface area contributed by atoms with Crippen molar-refractivity contribution in [3.05, 3.63) is 277 Å². The Kier molecular flexibility index (Phi) is 9.46. The molecule has 1 heterocycles. The number of pyridine rings is 1. The molecule has 0 saturated heterocycles. The Bertz CT molecular complexity index is 3570. The van der Waals surface area contributed by atoms with Crippen LogP contribution in [0.25, 0.3) is 66.1 Å². The highest BCUT2D eigenvalue weighted by Crippen LogP contribution is 2.58. The molecule has 0 atom stereocenters. The molecule has 0 unspecified atom stereocenters. The fourth-order valence-electron chi connectivity index (χ4n) is 10.4. The first-order chi connectivity index (χ1) is 32.5. The molecule has 0 saturated carbocycles. The Morgan fingerprint density at radius 2 is 0.909 bits per heavy atom. The molecular weight excluding hydrogens is 811 g/mol. The molecular formula is C62H40F2N2. The topological polar surface area (TPSA) is 16.1 Å². The second-order valence-corrected chi connectivity index (χ2v) is 17.0. The molecule has 11 aromatic rings. The maximum Gasteiger partial charge on any atom is 0.123 e. The summed E-state index contributed by atoms with van der Waals surface area (Å²) in [6.07, 6.45) is 3.87. The number of halogens is 2. The van der Waals surface area contributed by atoms with Crippen molar-refractivity contribution < 1.29 is 8.78 Å². The lowest BCUT2D eigenvalue weighted by Gasteiger charge is -2.35. The number of rotatable bonds is 8. The highest BCUT2D eigenvalue weighted by atomic mass is 19.1. The third-order valence-corrected chi connectivity index (χ3v) is 13.3. The number of benzene rings is 10. The summed E-state index contributed by atoms with van der Waals surface area (Å²) in [6.45, 7) is 0. The average molecular weight is 851 g/mol. The summed E-state index contributed by atoms with van der Waals surface area (Å²) in [4.78, 5) is 7.24. The van der Waals surface area contributed by atoms with E-state index < -0.39 is 5.41 Å². The quantitative estimate of drug-likeness (QED) is 0.142. The number of anilines is 3. The van der Waals surface area contributed by atoms with Gasteiger partial charge in [0.05, 0.1) is 11.1 Å². The van der Waals surface area contributed by atoms with Gasteiger partial charge in [0.2, 0.25) is 0 Å².